The van der Waals surface area contributed by atoms with Gasteiger partial charge in [-0.2, -0.15) is 13.2 Å². The van der Waals surface area contributed by atoms with E-state index in [2.05, 4.69) is 9.97 Å². The molecule has 0 unspecified atom stereocenters. The van der Waals surface area contributed by atoms with Crippen molar-refractivity contribution in [3.05, 3.63) is 71.0 Å². The van der Waals surface area contributed by atoms with Crippen molar-refractivity contribution in [2.45, 2.75) is 32.7 Å². The second kappa shape index (κ2) is 11.5. The molecule has 0 aliphatic rings. The predicted molar refractivity (Wildman–Crippen MR) is 126 cm³/mol. The van der Waals surface area contributed by atoms with Crippen molar-refractivity contribution < 1.29 is 32.9 Å². The number of ether oxygens (including phenoxy) is 1. The molecule has 192 valence electrons. The minimum Gasteiger partial charge on any atom is -0.457 e. The van der Waals surface area contributed by atoms with Crippen LogP contribution in [0.15, 0.2) is 48.5 Å². The molecule has 1 amide bonds. The van der Waals surface area contributed by atoms with Gasteiger partial charge >= 0.3 is 6.18 Å². The first-order valence-corrected chi connectivity index (χ1v) is 11.2. The molecule has 0 aliphatic carbocycles. The smallest absolute Gasteiger partial charge is 0.416 e. The SMILES string of the molecule is CCN(CC)Cc1cc(C(F)(F)F)ccc1Oc1ccc(-c2nc(C(N)=O)cc([C@@H](O)CO)n2)cc1. The van der Waals surface area contributed by atoms with Crippen molar-refractivity contribution in [3.8, 4) is 22.9 Å². The van der Waals surface area contributed by atoms with Gasteiger partial charge in [0, 0.05) is 17.7 Å². The van der Waals surface area contributed by atoms with Crippen LogP contribution in [0.25, 0.3) is 11.4 Å². The van der Waals surface area contributed by atoms with Gasteiger partial charge in [0.25, 0.3) is 5.91 Å². The summed E-state index contributed by atoms with van der Waals surface area (Å²) in [4.78, 5) is 21.9. The second-order valence-electron chi connectivity index (χ2n) is 7.97. The molecule has 1 heterocycles. The van der Waals surface area contributed by atoms with Crippen molar-refractivity contribution in [1.82, 2.24) is 14.9 Å². The van der Waals surface area contributed by atoms with E-state index in [-0.39, 0.29) is 23.8 Å². The highest BCUT2D eigenvalue weighted by molar-refractivity contribution is 5.91. The number of hydrogen-bond donors (Lipinski definition) is 3. The summed E-state index contributed by atoms with van der Waals surface area (Å²) in [6, 6.07) is 10.9. The van der Waals surface area contributed by atoms with E-state index in [1.54, 1.807) is 24.3 Å². The molecule has 8 nitrogen and oxygen atoms in total. The highest BCUT2D eigenvalue weighted by Crippen LogP contribution is 2.35. The fourth-order valence-electron chi connectivity index (χ4n) is 3.45. The zero-order valence-corrected chi connectivity index (χ0v) is 19.8. The fourth-order valence-corrected chi connectivity index (χ4v) is 3.45. The zero-order chi connectivity index (χ0) is 26.5. The van der Waals surface area contributed by atoms with Gasteiger partial charge < -0.3 is 20.7 Å². The maximum absolute atomic E-state index is 13.3. The van der Waals surface area contributed by atoms with Gasteiger partial charge in [-0.05, 0) is 61.6 Å². The van der Waals surface area contributed by atoms with Crippen molar-refractivity contribution in [3.63, 3.8) is 0 Å². The number of alkyl halides is 3. The molecule has 0 saturated heterocycles. The molecule has 11 heteroatoms. The second-order valence-corrected chi connectivity index (χ2v) is 7.97. The number of aromatic nitrogens is 2. The first-order valence-electron chi connectivity index (χ1n) is 11.2. The number of primary amides is 1. The van der Waals surface area contributed by atoms with Gasteiger partial charge in [0.05, 0.1) is 17.9 Å². The quantitative estimate of drug-likeness (QED) is 0.383. The average molecular weight is 505 g/mol. The van der Waals surface area contributed by atoms with Gasteiger partial charge in [0.2, 0.25) is 0 Å². The Morgan fingerprint density at radius 3 is 2.31 bits per heavy atom. The summed E-state index contributed by atoms with van der Waals surface area (Å²) in [7, 11) is 0. The van der Waals surface area contributed by atoms with Gasteiger partial charge in [-0.15, -0.1) is 0 Å². The minimum atomic E-state index is -4.47. The number of nitrogens with two attached hydrogens (primary N) is 1. The molecular weight excluding hydrogens is 477 g/mol. The maximum atomic E-state index is 13.3. The van der Waals surface area contributed by atoms with E-state index >= 15 is 0 Å². The number of carbonyl (C=O) groups excluding carboxylic acids is 1. The molecule has 0 spiro atoms. The number of aliphatic hydroxyl groups excluding tert-OH is 2. The van der Waals surface area contributed by atoms with E-state index in [1.165, 1.54) is 12.1 Å². The number of hydrogen-bond acceptors (Lipinski definition) is 7. The summed E-state index contributed by atoms with van der Waals surface area (Å²) >= 11 is 0. The molecular formula is C25H27F3N4O4. The van der Waals surface area contributed by atoms with Crippen LogP contribution in [0.5, 0.6) is 11.5 Å². The van der Waals surface area contributed by atoms with E-state index in [0.717, 1.165) is 12.1 Å². The molecule has 1 aromatic heterocycles. The van der Waals surface area contributed by atoms with E-state index < -0.39 is 30.4 Å². The molecule has 3 aromatic rings. The van der Waals surface area contributed by atoms with Crippen molar-refractivity contribution >= 4 is 5.91 Å². The summed E-state index contributed by atoms with van der Waals surface area (Å²) in [5, 5.41) is 19.1. The number of amides is 1. The van der Waals surface area contributed by atoms with E-state index in [4.69, 9.17) is 10.5 Å². The topological polar surface area (TPSA) is 122 Å². The van der Waals surface area contributed by atoms with Crippen LogP contribution in [-0.4, -0.2) is 50.7 Å². The van der Waals surface area contributed by atoms with Crippen LogP contribution in [0.3, 0.4) is 0 Å². The first kappa shape index (κ1) is 27.1. The Kier molecular flexibility index (Phi) is 8.62. The Morgan fingerprint density at radius 1 is 1.08 bits per heavy atom. The highest BCUT2D eigenvalue weighted by Gasteiger charge is 2.31. The molecule has 1 atom stereocenters. The lowest BCUT2D eigenvalue weighted by atomic mass is 10.1. The summed E-state index contributed by atoms with van der Waals surface area (Å²) in [6.07, 6.45) is -5.79. The van der Waals surface area contributed by atoms with Crippen LogP contribution in [-0.2, 0) is 12.7 Å². The third-order valence-electron chi connectivity index (χ3n) is 5.53. The predicted octanol–water partition coefficient (Wildman–Crippen LogP) is 3.92. The van der Waals surface area contributed by atoms with Crippen LogP contribution < -0.4 is 10.5 Å². The molecule has 0 aliphatic heterocycles. The van der Waals surface area contributed by atoms with Crippen LogP contribution in [0.1, 0.15) is 47.3 Å². The molecule has 36 heavy (non-hydrogen) atoms. The number of aliphatic hydroxyl groups is 2. The lowest BCUT2D eigenvalue weighted by Gasteiger charge is -2.21. The van der Waals surface area contributed by atoms with Crippen molar-refractivity contribution in [2.24, 2.45) is 5.73 Å². The van der Waals surface area contributed by atoms with Crippen LogP contribution in [0.2, 0.25) is 0 Å². The molecule has 2 aromatic carbocycles. The summed E-state index contributed by atoms with van der Waals surface area (Å²) in [5.41, 5.74) is 5.34. The van der Waals surface area contributed by atoms with Gasteiger partial charge in [-0.25, -0.2) is 9.97 Å². The van der Waals surface area contributed by atoms with E-state index in [0.29, 0.717) is 35.7 Å². The third kappa shape index (κ3) is 6.56. The lowest BCUT2D eigenvalue weighted by Crippen LogP contribution is -2.22. The van der Waals surface area contributed by atoms with Gasteiger partial charge in [0.1, 0.15) is 23.3 Å². The molecule has 0 saturated carbocycles. The Labute approximate surface area is 206 Å². The van der Waals surface area contributed by atoms with Gasteiger partial charge in [-0.1, -0.05) is 13.8 Å². The maximum Gasteiger partial charge on any atom is 0.416 e. The summed E-state index contributed by atoms with van der Waals surface area (Å²) < 4.78 is 45.8. The Morgan fingerprint density at radius 2 is 1.75 bits per heavy atom. The largest absolute Gasteiger partial charge is 0.457 e. The Bertz CT molecular complexity index is 1200. The first-order chi connectivity index (χ1) is 17.0. The highest BCUT2D eigenvalue weighted by atomic mass is 19.4. The van der Waals surface area contributed by atoms with Gasteiger partial charge in [-0.3, -0.25) is 9.69 Å². The third-order valence-corrected chi connectivity index (χ3v) is 5.53. The van der Waals surface area contributed by atoms with E-state index in [9.17, 15) is 28.2 Å². The number of rotatable bonds is 10. The number of carbonyl (C=O) groups is 1. The standard InChI is InChI=1S/C25H27F3N4O4/c1-3-32(4-2)13-16-11-17(25(26,27)28)7-10-22(16)36-18-8-5-15(6-9-18)24-30-19(21(34)14-33)12-20(31-24)23(29)35/h5-12,21,33-34H,3-4,13-14H2,1-2H3,(H2,29,35)/t21-/m0/s1. The number of nitrogens with zero attached hydrogens (tertiary/aromatic N) is 3. The molecule has 3 rings (SSSR count). The van der Waals surface area contributed by atoms with Crippen molar-refractivity contribution in [2.75, 3.05) is 19.7 Å². The average Bonchev–Trinajstić information content (AvgIpc) is 2.87. The number of halogens is 3. The Balaban J connectivity index is 1.92. The monoisotopic (exact) mass is 504 g/mol. The number of benzene rings is 2. The van der Waals surface area contributed by atoms with Crippen LogP contribution in [0.4, 0.5) is 13.2 Å². The summed E-state index contributed by atoms with van der Waals surface area (Å²) in [6.45, 7) is 4.86. The molecule has 4 N–H and O–H groups in total. The van der Waals surface area contributed by atoms with Crippen LogP contribution in [0, 0.1) is 0 Å². The fraction of sp³-hybridized carbons (Fsp3) is 0.320. The summed E-state index contributed by atoms with van der Waals surface area (Å²) in [5.74, 6) is -0.0749. The van der Waals surface area contributed by atoms with Crippen molar-refractivity contribution in [1.29, 1.82) is 0 Å². The van der Waals surface area contributed by atoms with Gasteiger partial charge in [0.15, 0.2) is 5.82 Å². The molecule has 0 radical (unpaired) electrons. The zero-order valence-electron chi connectivity index (χ0n) is 19.8. The normalized spacial score (nSPS) is 12.6. The minimum absolute atomic E-state index is 0.0300. The lowest BCUT2D eigenvalue weighted by molar-refractivity contribution is -0.137. The Hall–Kier alpha value is -3.54. The van der Waals surface area contributed by atoms with E-state index in [1.807, 2.05) is 18.7 Å². The van der Waals surface area contributed by atoms with Crippen LogP contribution >= 0.6 is 0 Å². The molecule has 0 fully saturated rings. The molecule has 0 bridgehead atoms.